The topological polar surface area (TPSA) is 79.4 Å². The summed E-state index contributed by atoms with van der Waals surface area (Å²) in [5.74, 6) is 1.03. The second kappa shape index (κ2) is 10.4. The molecule has 9 heteroatoms. The number of aromatic nitrogens is 1. The Hall–Kier alpha value is -2.59. The zero-order chi connectivity index (χ0) is 27.3. The number of carbonyl (C=O) groups is 1. The van der Waals surface area contributed by atoms with Crippen molar-refractivity contribution in [3.05, 3.63) is 64.5 Å². The fourth-order valence-corrected chi connectivity index (χ4v) is 10.1. The van der Waals surface area contributed by atoms with E-state index in [0.717, 1.165) is 51.5 Å². The van der Waals surface area contributed by atoms with E-state index in [-0.39, 0.29) is 10.8 Å². The number of para-hydroxylation sites is 1. The van der Waals surface area contributed by atoms with Crippen molar-refractivity contribution in [2.75, 3.05) is 18.4 Å². The molecule has 0 unspecified atom stereocenters. The average molecular weight is 580 g/mol. The lowest BCUT2D eigenvalue weighted by molar-refractivity contribution is 0.102. The summed E-state index contributed by atoms with van der Waals surface area (Å²) in [5.41, 5.74) is 3.75. The predicted octanol–water partition coefficient (Wildman–Crippen LogP) is 7.07. The maximum atomic E-state index is 13.4. The van der Waals surface area contributed by atoms with E-state index in [2.05, 4.69) is 32.2 Å². The van der Waals surface area contributed by atoms with E-state index in [0.29, 0.717) is 36.4 Å². The van der Waals surface area contributed by atoms with Gasteiger partial charge in [0.2, 0.25) is 10.0 Å². The minimum Gasteiger partial charge on any atom is -0.313 e. The Labute approximate surface area is 238 Å². The number of amides is 1. The Morgan fingerprint density at radius 3 is 2.41 bits per heavy atom. The highest BCUT2D eigenvalue weighted by Crippen LogP contribution is 2.47. The Morgan fingerprint density at radius 2 is 1.69 bits per heavy atom. The number of carbonyl (C=O) groups excluding carboxylic acids is 1. The van der Waals surface area contributed by atoms with Crippen LogP contribution in [0.1, 0.15) is 54.4 Å². The molecule has 1 saturated heterocycles. The van der Waals surface area contributed by atoms with Gasteiger partial charge in [0.25, 0.3) is 5.91 Å². The van der Waals surface area contributed by atoms with E-state index >= 15 is 0 Å². The number of anilines is 1. The SMILES string of the molecule is C[C@H]1CCc2c(sc(NC(=O)c3ccc(S(=O)(=O)N4C[C@@H](C)C[C@H](C)C4)cc3)c2-c2nc3ccccc3s2)C1. The quantitative estimate of drug-likeness (QED) is 0.274. The molecule has 1 aliphatic carbocycles. The molecule has 6 nitrogen and oxygen atoms in total. The van der Waals surface area contributed by atoms with Gasteiger partial charge in [0, 0.05) is 29.1 Å². The van der Waals surface area contributed by atoms with E-state index in [9.17, 15) is 13.2 Å². The number of hydrogen-bond acceptors (Lipinski definition) is 6. The van der Waals surface area contributed by atoms with Crippen LogP contribution < -0.4 is 5.32 Å². The fraction of sp³-hybridized carbons (Fsp3) is 0.400. The van der Waals surface area contributed by atoms with Crippen LogP contribution in [0.15, 0.2) is 53.4 Å². The van der Waals surface area contributed by atoms with Gasteiger partial charge in [-0.15, -0.1) is 22.7 Å². The molecule has 3 heterocycles. The Balaban J connectivity index is 1.28. The van der Waals surface area contributed by atoms with Crippen LogP contribution in [0.2, 0.25) is 0 Å². The number of rotatable bonds is 5. The maximum Gasteiger partial charge on any atom is 0.256 e. The van der Waals surface area contributed by atoms with Crippen LogP contribution in [0.4, 0.5) is 5.00 Å². The molecule has 2 aromatic carbocycles. The van der Waals surface area contributed by atoms with Gasteiger partial charge in [-0.3, -0.25) is 4.79 Å². The number of piperidine rings is 1. The monoisotopic (exact) mass is 579 g/mol. The first kappa shape index (κ1) is 26.6. The molecule has 204 valence electrons. The smallest absolute Gasteiger partial charge is 0.256 e. The summed E-state index contributed by atoms with van der Waals surface area (Å²) in [6.07, 6.45) is 4.15. The molecule has 39 heavy (non-hydrogen) atoms. The van der Waals surface area contributed by atoms with Crippen molar-refractivity contribution in [2.45, 2.75) is 51.3 Å². The lowest BCUT2D eigenvalue weighted by atomic mass is 9.88. The summed E-state index contributed by atoms with van der Waals surface area (Å²) in [5, 5.41) is 4.92. The second-order valence-electron chi connectivity index (χ2n) is 11.3. The summed E-state index contributed by atoms with van der Waals surface area (Å²) in [7, 11) is -3.60. The number of thiophene rings is 1. The summed E-state index contributed by atoms with van der Waals surface area (Å²) >= 11 is 3.31. The van der Waals surface area contributed by atoms with Gasteiger partial charge in [0.1, 0.15) is 10.0 Å². The summed E-state index contributed by atoms with van der Waals surface area (Å²) in [6, 6.07) is 14.5. The van der Waals surface area contributed by atoms with E-state index in [1.165, 1.54) is 10.4 Å². The summed E-state index contributed by atoms with van der Waals surface area (Å²) < 4.78 is 29.3. The van der Waals surface area contributed by atoms with Crippen molar-refractivity contribution in [3.8, 4) is 10.6 Å². The van der Waals surface area contributed by atoms with Gasteiger partial charge < -0.3 is 5.32 Å². The summed E-state index contributed by atoms with van der Waals surface area (Å²) in [6.45, 7) is 7.53. The lowest BCUT2D eigenvalue weighted by Gasteiger charge is -2.34. The van der Waals surface area contributed by atoms with Gasteiger partial charge in [-0.1, -0.05) is 32.9 Å². The highest BCUT2D eigenvalue weighted by Gasteiger charge is 2.32. The minimum atomic E-state index is -3.60. The maximum absolute atomic E-state index is 13.4. The molecular weight excluding hydrogens is 547 g/mol. The standard InChI is InChI=1S/C30H33N3O3S3/c1-18-8-13-23-26(15-18)38-30(27(23)29-31-24-6-4-5-7-25(24)37-29)32-28(34)21-9-11-22(12-10-21)39(35,36)33-16-19(2)14-20(3)17-33/h4-7,9-12,18-20H,8,13-17H2,1-3H3,(H,32,34)/t18-,19-,20-/m0/s1. The molecule has 2 aliphatic rings. The number of nitrogens with zero attached hydrogens (tertiary/aromatic N) is 2. The van der Waals surface area contributed by atoms with Crippen molar-refractivity contribution >= 4 is 53.8 Å². The molecule has 0 spiro atoms. The van der Waals surface area contributed by atoms with Crippen LogP contribution in [0.5, 0.6) is 0 Å². The van der Waals surface area contributed by atoms with Crippen molar-refractivity contribution in [1.29, 1.82) is 0 Å². The zero-order valence-corrected chi connectivity index (χ0v) is 24.9. The van der Waals surface area contributed by atoms with Crippen molar-refractivity contribution in [3.63, 3.8) is 0 Å². The Bertz CT molecular complexity index is 1600. The fourth-order valence-electron chi connectivity index (χ4n) is 5.95. The molecule has 1 amide bonds. The van der Waals surface area contributed by atoms with Crippen LogP contribution in [-0.4, -0.2) is 36.7 Å². The third-order valence-corrected chi connectivity index (χ3v) is 11.9. The molecule has 1 fully saturated rings. The van der Waals surface area contributed by atoms with Gasteiger partial charge in [0.05, 0.1) is 15.1 Å². The van der Waals surface area contributed by atoms with Gasteiger partial charge >= 0.3 is 0 Å². The molecule has 6 rings (SSSR count). The first-order valence-corrected chi connectivity index (χ1v) is 16.7. The van der Waals surface area contributed by atoms with Crippen molar-refractivity contribution in [1.82, 2.24) is 9.29 Å². The van der Waals surface area contributed by atoms with Crippen molar-refractivity contribution < 1.29 is 13.2 Å². The highest BCUT2D eigenvalue weighted by molar-refractivity contribution is 7.89. The van der Waals surface area contributed by atoms with Crippen LogP contribution >= 0.6 is 22.7 Å². The van der Waals surface area contributed by atoms with E-state index in [4.69, 9.17) is 4.98 Å². The third kappa shape index (κ3) is 5.17. The number of benzene rings is 2. The molecule has 0 saturated carbocycles. The van der Waals surface area contributed by atoms with E-state index in [1.807, 2.05) is 18.2 Å². The number of fused-ring (bicyclic) bond motifs is 2. The average Bonchev–Trinajstić information content (AvgIpc) is 3.48. The largest absolute Gasteiger partial charge is 0.313 e. The molecular formula is C30H33N3O3S3. The van der Waals surface area contributed by atoms with Crippen LogP contribution in [0.3, 0.4) is 0 Å². The molecule has 3 atom stereocenters. The molecule has 1 aliphatic heterocycles. The Kier molecular flexibility index (Phi) is 7.12. The molecule has 0 bridgehead atoms. The van der Waals surface area contributed by atoms with Crippen molar-refractivity contribution in [2.24, 2.45) is 17.8 Å². The minimum absolute atomic E-state index is 0.232. The number of hydrogen-bond donors (Lipinski definition) is 1. The molecule has 1 N–H and O–H groups in total. The zero-order valence-electron chi connectivity index (χ0n) is 22.4. The first-order valence-electron chi connectivity index (χ1n) is 13.6. The predicted molar refractivity (Wildman–Crippen MR) is 160 cm³/mol. The normalized spacial score (nSPS) is 22.1. The van der Waals surface area contributed by atoms with Gasteiger partial charge in [-0.2, -0.15) is 4.31 Å². The van der Waals surface area contributed by atoms with E-state index in [1.54, 1.807) is 51.2 Å². The molecule has 0 radical (unpaired) electrons. The lowest BCUT2D eigenvalue weighted by Crippen LogP contribution is -2.42. The number of nitrogens with one attached hydrogen (secondary N) is 1. The third-order valence-electron chi connectivity index (χ3n) is 7.84. The highest BCUT2D eigenvalue weighted by atomic mass is 32.2. The summed E-state index contributed by atoms with van der Waals surface area (Å²) in [4.78, 5) is 19.9. The van der Waals surface area contributed by atoms with Crippen LogP contribution in [0, 0.1) is 17.8 Å². The number of sulfonamides is 1. The van der Waals surface area contributed by atoms with Crippen LogP contribution in [-0.2, 0) is 22.9 Å². The van der Waals surface area contributed by atoms with Crippen LogP contribution in [0.25, 0.3) is 20.8 Å². The van der Waals surface area contributed by atoms with Gasteiger partial charge in [-0.25, -0.2) is 13.4 Å². The molecule has 2 aromatic heterocycles. The Morgan fingerprint density at radius 1 is 0.974 bits per heavy atom. The molecule has 4 aromatic rings. The van der Waals surface area contributed by atoms with E-state index < -0.39 is 10.0 Å². The first-order chi connectivity index (χ1) is 18.7. The second-order valence-corrected chi connectivity index (χ2v) is 15.4. The van der Waals surface area contributed by atoms with Gasteiger partial charge in [-0.05, 0) is 85.4 Å². The van der Waals surface area contributed by atoms with Gasteiger partial charge in [0.15, 0.2) is 0 Å². The number of thiazole rings is 1.